The Labute approximate surface area is 143 Å². The van der Waals surface area contributed by atoms with Gasteiger partial charge in [0, 0.05) is 5.57 Å². The molecule has 25 heavy (non-hydrogen) atoms. The summed E-state index contributed by atoms with van der Waals surface area (Å²) in [7, 11) is 0. The first-order valence-electron chi connectivity index (χ1n) is 8.66. The van der Waals surface area contributed by atoms with Gasteiger partial charge < -0.3 is 0 Å². The van der Waals surface area contributed by atoms with Gasteiger partial charge in [0.15, 0.2) is 0 Å². The minimum absolute atomic E-state index is 0.00132. The molecule has 0 saturated heterocycles. The second-order valence-electron chi connectivity index (χ2n) is 6.91. The zero-order valence-electron chi connectivity index (χ0n) is 13.7. The van der Waals surface area contributed by atoms with Gasteiger partial charge in [-0.1, -0.05) is 31.1 Å². The number of hydrogen-bond acceptors (Lipinski definition) is 0. The van der Waals surface area contributed by atoms with Crippen LogP contribution in [0.15, 0.2) is 46.1 Å². The van der Waals surface area contributed by atoms with Crippen LogP contribution in [0, 0.1) is 5.92 Å². The maximum atomic E-state index is 13.9. The lowest BCUT2D eigenvalue weighted by atomic mass is 9.83. The van der Waals surface area contributed by atoms with E-state index in [0.717, 1.165) is 12.8 Å². The summed E-state index contributed by atoms with van der Waals surface area (Å²) in [5, 5.41) is 0. The summed E-state index contributed by atoms with van der Waals surface area (Å²) >= 11 is 0. The molecule has 1 atom stereocenters. The summed E-state index contributed by atoms with van der Waals surface area (Å²) in [4.78, 5) is 0. The molecule has 0 heterocycles. The molecule has 0 aromatic heterocycles. The van der Waals surface area contributed by atoms with Crippen molar-refractivity contribution in [3.63, 3.8) is 0 Å². The second-order valence-corrected chi connectivity index (χ2v) is 6.91. The molecule has 0 nitrogen and oxygen atoms in total. The van der Waals surface area contributed by atoms with E-state index in [4.69, 9.17) is 0 Å². The Morgan fingerprint density at radius 1 is 0.800 bits per heavy atom. The number of hydrogen-bond donors (Lipinski definition) is 0. The molecule has 1 fully saturated rings. The lowest BCUT2D eigenvalue weighted by molar-refractivity contribution is -0.0998. The predicted octanol–water partition coefficient (Wildman–Crippen LogP) is 6.96. The maximum Gasteiger partial charge on any atom is 0.416 e. The summed E-state index contributed by atoms with van der Waals surface area (Å²) in [5.74, 6) is -0.936. The Morgan fingerprint density at radius 3 is 2.04 bits per heavy atom. The molecule has 0 N–H and O–H groups in total. The molecule has 0 spiro atoms. The smallest absolute Gasteiger partial charge is 0.166 e. The Morgan fingerprint density at radius 2 is 1.44 bits per heavy atom. The maximum absolute atomic E-state index is 13.9. The van der Waals surface area contributed by atoms with Crippen molar-refractivity contribution in [3.05, 3.63) is 46.1 Å². The van der Waals surface area contributed by atoms with Crippen molar-refractivity contribution in [3.8, 4) is 0 Å². The van der Waals surface area contributed by atoms with Gasteiger partial charge in [-0.25, -0.2) is 0 Å². The van der Waals surface area contributed by atoms with E-state index in [1.165, 1.54) is 12.2 Å². The second kappa shape index (κ2) is 6.69. The van der Waals surface area contributed by atoms with Crippen LogP contribution >= 0.6 is 0 Å². The van der Waals surface area contributed by atoms with Crippen molar-refractivity contribution in [1.29, 1.82) is 0 Å². The fourth-order valence-corrected chi connectivity index (χ4v) is 4.28. The highest BCUT2D eigenvalue weighted by atomic mass is 19.4. The highest BCUT2D eigenvalue weighted by Crippen LogP contribution is 2.51. The molecular formula is C19H20F6. The quantitative estimate of drug-likeness (QED) is 0.408. The van der Waals surface area contributed by atoms with Crippen LogP contribution in [-0.2, 0) is 0 Å². The van der Waals surface area contributed by atoms with E-state index >= 15 is 0 Å². The fourth-order valence-electron chi connectivity index (χ4n) is 4.28. The van der Waals surface area contributed by atoms with E-state index in [0.29, 0.717) is 12.8 Å². The summed E-state index contributed by atoms with van der Waals surface area (Å²) in [6, 6.07) is 0. The molecule has 138 valence electrons. The number of fused-ring (bicyclic) bond motifs is 3. The Kier molecular flexibility index (Phi) is 4.91. The summed E-state index contributed by atoms with van der Waals surface area (Å²) in [6.45, 7) is 0. The van der Waals surface area contributed by atoms with E-state index in [1.54, 1.807) is 6.08 Å². The van der Waals surface area contributed by atoms with Crippen LogP contribution in [0.2, 0.25) is 0 Å². The molecule has 0 aromatic carbocycles. The van der Waals surface area contributed by atoms with Crippen LogP contribution in [-0.4, -0.2) is 12.4 Å². The zero-order chi connectivity index (χ0) is 18.2. The number of rotatable bonds is 0. The van der Waals surface area contributed by atoms with Crippen LogP contribution in [0.1, 0.15) is 51.4 Å². The summed E-state index contributed by atoms with van der Waals surface area (Å²) < 4.78 is 83.1. The average Bonchev–Trinajstić information content (AvgIpc) is 2.74. The first-order valence-corrected chi connectivity index (χ1v) is 8.66. The lowest BCUT2D eigenvalue weighted by Crippen LogP contribution is -2.22. The van der Waals surface area contributed by atoms with Crippen LogP contribution in [0.25, 0.3) is 0 Å². The van der Waals surface area contributed by atoms with Crippen molar-refractivity contribution >= 4 is 0 Å². The van der Waals surface area contributed by atoms with Gasteiger partial charge in [-0.15, -0.1) is 0 Å². The van der Waals surface area contributed by atoms with Gasteiger partial charge in [0.05, 0.1) is 5.57 Å². The molecule has 1 saturated carbocycles. The zero-order valence-corrected chi connectivity index (χ0v) is 13.7. The van der Waals surface area contributed by atoms with Crippen LogP contribution in [0.3, 0.4) is 0 Å². The summed E-state index contributed by atoms with van der Waals surface area (Å²) in [5.41, 5.74) is -1.73. The van der Waals surface area contributed by atoms with Crippen molar-refractivity contribution in [2.45, 2.75) is 63.7 Å². The largest absolute Gasteiger partial charge is 0.416 e. The predicted molar refractivity (Wildman–Crippen MR) is 83.8 cm³/mol. The number of alkyl halides is 6. The summed E-state index contributed by atoms with van der Waals surface area (Å²) in [6.07, 6.45) is -2.30. The number of allylic oxidation sites excluding steroid dienone is 8. The molecule has 3 rings (SSSR count). The first-order chi connectivity index (χ1) is 11.7. The monoisotopic (exact) mass is 362 g/mol. The van der Waals surface area contributed by atoms with Gasteiger partial charge >= 0.3 is 12.4 Å². The lowest BCUT2D eigenvalue weighted by Gasteiger charge is -2.26. The molecule has 0 radical (unpaired) electrons. The normalized spacial score (nSPS) is 25.7. The molecule has 0 aromatic rings. The highest BCUT2D eigenvalue weighted by Gasteiger charge is 2.47. The third-order valence-electron chi connectivity index (χ3n) is 5.23. The van der Waals surface area contributed by atoms with Gasteiger partial charge in [-0.05, 0) is 61.2 Å². The molecule has 2 bridgehead atoms. The first kappa shape index (κ1) is 18.3. The van der Waals surface area contributed by atoms with Crippen LogP contribution in [0.4, 0.5) is 26.3 Å². The third kappa shape index (κ3) is 3.72. The molecule has 1 unspecified atom stereocenters. The molecule has 0 amide bonds. The van der Waals surface area contributed by atoms with Crippen molar-refractivity contribution in [2.24, 2.45) is 5.92 Å². The topological polar surface area (TPSA) is 0 Å². The third-order valence-corrected chi connectivity index (χ3v) is 5.23. The van der Waals surface area contributed by atoms with E-state index in [9.17, 15) is 26.3 Å². The van der Waals surface area contributed by atoms with E-state index in [-0.39, 0.29) is 42.4 Å². The van der Waals surface area contributed by atoms with E-state index in [2.05, 4.69) is 0 Å². The van der Waals surface area contributed by atoms with Crippen molar-refractivity contribution in [1.82, 2.24) is 0 Å². The van der Waals surface area contributed by atoms with Gasteiger partial charge in [0.25, 0.3) is 0 Å². The van der Waals surface area contributed by atoms with Gasteiger partial charge in [0.2, 0.25) is 0 Å². The van der Waals surface area contributed by atoms with Crippen LogP contribution < -0.4 is 0 Å². The van der Waals surface area contributed by atoms with E-state index in [1.807, 2.05) is 0 Å². The minimum Gasteiger partial charge on any atom is -0.166 e. The van der Waals surface area contributed by atoms with Crippen molar-refractivity contribution in [2.75, 3.05) is 0 Å². The van der Waals surface area contributed by atoms with Crippen LogP contribution in [0.5, 0.6) is 0 Å². The van der Waals surface area contributed by atoms with Gasteiger partial charge in [0.1, 0.15) is 0 Å². The Balaban J connectivity index is 2.32. The molecular weight excluding hydrogens is 342 g/mol. The standard InChI is InChI=1S/C19H20F6/c20-18(21,22)16-12-7-5-6-8-13(11-12)17(19(23,24)25)15-10-4-2-1-3-9-14(15)16/h5-7,13H,1-4,8-11H2. The Bertz CT molecular complexity index is 654. The average molecular weight is 362 g/mol. The SMILES string of the molecule is FC(F)(F)C1=C2CCCCCCC2=C(C(F)(F)F)C2CC=CC=C1C2. The fraction of sp³-hybridized carbons (Fsp3) is 0.579. The Hall–Kier alpha value is -1.46. The molecule has 3 aliphatic rings. The molecule has 6 heteroatoms. The van der Waals surface area contributed by atoms with Gasteiger partial charge in [-0.3, -0.25) is 0 Å². The number of halogens is 6. The highest BCUT2D eigenvalue weighted by molar-refractivity contribution is 5.54. The minimum atomic E-state index is -4.64. The van der Waals surface area contributed by atoms with E-state index < -0.39 is 29.4 Å². The molecule has 3 aliphatic carbocycles. The van der Waals surface area contributed by atoms with Gasteiger partial charge in [-0.2, -0.15) is 26.3 Å². The van der Waals surface area contributed by atoms with Crippen molar-refractivity contribution < 1.29 is 26.3 Å². The molecule has 0 aliphatic heterocycles.